The summed E-state index contributed by atoms with van der Waals surface area (Å²) in [6.07, 6.45) is 8.81. The molecule has 1 fully saturated rings. The number of hydrogen-bond acceptors (Lipinski definition) is 5. The summed E-state index contributed by atoms with van der Waals surface area (Å²) in [6.45, 7) is 0.109. The summed E-state index contributed by atoms with van der Waals surface area (Å²) in [6, 6.07) is 14.0. The van der Waals surface area contributed by atoms with Crippen molar-refractivity contribution in [3.05, 3.63) is 65.7 Å². The Hall–Kier alpha value is -3.13. The molecule has 33 heavy (non-hydrogen) atoms. The molecule has 174 valence electrons. The second-order valence-corrected chi connectivity index (χ2v) is 10.2. The smallest absolute Gasteiger partial charge is 0.331 e. The van der Waals surface area contributed by atoms with Crippen molar-refractivity contribution in [3.8, 4) is 0 Å². The third-order valence-corrected chi connectivity index (χ3v) is 7.87. The molecule has 1 heterocycles. The number of hydrogen-bond donors (Lipinski definition) is 1. The number of carbonyl (C=O) groups is 2. The molecule has 0 atom stereocenters. The Morgan fingerprint density at radius 3 is 2.52 bits per heavy atom. The van der Waals surface area contributed by atoms with Gasteiger partial charge in [0, 0.05) is 18.7 Å². The molecule has 2 aromatic carbocycles. The minimum atomic E-state index is -3.66. The van der Waals surface area contributed by atoms with Crippen LogP contribution in [0, 0.1) is 0 Å². The van der Waals surface area contributed by atoms with E-state index in [1.807, 2.05) is 24.3 Å². The van der Waals surface area contributed by atoms with E-state index in [2.05, 4.69) is 5.32 Å². The topological polar surface area (TPSA) is 92.8 Å². The van der Waals surface area contributed by atoms with Crippen molar-refractivity contribution < 1.29 is 22.7 Å². The molecule has 0 radical (unpaired) electrons. The molecule has 4 rings (SSSR count). The second-order valence-electron chi connectivity index (χ2n) is 8.37. The number of amides is 1. The number of sulfonamides is 1. The number of ether oxygens (including phenoxy) is 1. The van der Waals surface area contributed by atoms with Crippen molar-refractivity contribution in [2.24, 2.45) is 0 Å². The van der Waals surface area contributed by atoms with Crippen LogP contribution in [0.1, 0.15) is 43.2 Å². The van der Waals surface area contributed by atoms with E-state index in [4.69, 9.17) is 4.74 Å². The highest BCUT2D eigenvalue weighted by Crippen LogP contribution is 2.32. The highest BCUT2D eigenvalue weighted by Gasteiger charge is 2.30. The van der Waals surface area contributed by atoms with Crippen molar-refractivity contribution in [1.29, 1.82) is 0 Å². The van der Waals surface area contributed by atoms with Gasteiger partial charge in [-0.15, -0.1) is 0 Å². The summed E-state index contributed by atoms with van der Waals surface area (Å²) in [5, 5.41) is 2.90. The molecule has 0 spiro atoms. The predicted octanol–water partition coefficient (Wildman–Crippen LogP) is 3.44. The lowest BCUT2D eigenvalue weighted by Crippen LogP contribution is -2.38. The maximum Gasteiger partial charge on any atom is 0.331 e. The second kappa shape index (κ2) is 10.2. The number of nitrogens with zero attached hydrogens (tertiary/aromatic N) is 1. The van der Waals surface area contributed by atoms with Gasteiger partial charge in [-0.1, -0.05) is 49.6 Å². The Labute approximate surface area is 194 Å². The van der Waals surface area contributed by atoms with E-state index in [9.17, 15) is 18.0 Å². The summed E-state index contributed by atoms with van der Waals surface area (Å²) in [4.78, 5) is 24.1. The molecular weight excluding hydrogens is 440 g/mol. The van der Waals surface area contributed by atoms with E-state index in [-0.39, 0.29) is 23.5 Å². The lowest BCUT2D eigenvalue weighted by Gasteiger charge is -2.22. The van der Waals surface area contributed by atoms with Crippen LogP contribution >= 0.6 is 0 Å². The SMILES string of the molecule is O=C(COC(=O)/C=C/c1ccc(S(=O)(=O)N2CCc3ccccc32)cc1)NC1CCCCC1. The van der Waals surface area contributed by atoms with Crippen LogP contribution in [0.25, 0.3) is 6.08 Å². The standard InChI is InChI=1S/C25H28N2O5S/c28-24(26-21-7-2-1-3-8-21)18-32-25(29)15-12-19-10-13-22(14-11-19)33(30,31)27-17-16-20-6-4-5-9-23(20)27/h4-6,9-15,21H,1-3,7-8,16-18H2,(H,26,28)/b15-12+. The summed E-state index contributed by atoms with van der Waals surface area (Å²) < 4.78 is 32.6. The van der Waals surface area contributed by atoms with Crippen LogP contribution in [-0.2, 0) is 30.8 Å². The fraction of sp³-hybridized carbons (Fsp3) is 0.360. The molecule has 0 bridgehead atoms. The van der Waals surface area contributed by atoms with Gasteiger partial charge in [-0.25, -0.2) is 13.2 Å². The fourth-order valence-electron chi connectivity index (χ4n) is 4.30. The number of fused-ring (bicyclic) bond motifs is 1. The first-order valence-corrected chi connectivity index (χ1v) is 12.7. The van der Waals surface area contributed by atoms with Gasteiger partial charge in [-0.05, 0) is 54.7 Å². The Morgan fingerprint density at radius 1 is 1.03 bits per heavy atom. The molecule has 2 aromatic rings. The van der Waals surface area contributed by atoms with E-state index < -0.39 is 16.0 Å². The minimum Gasteiger partial charge on any atom is -0.452 e. The molecular formula is C25H28N2O5S. The van der Waals surface area contributed by atoms with Crippen molar-refractivity contribution in [1.82, 2.24) is 5.32 Å². The van der Waals surface area contributed by atoms with Gasteiger partial charge < -0.3 is 10.1 Å². The first kappa shape index (κ1) is 23.0. The lowest BCUT2D eigenvalue weighted by molar-refractivity contribution is -0.144. The molecule has 8 heteroatoms. The molecule has 1 aliphatic carbocycles. The zero-order valence-electron chi connectivity index (χ0n) is 18.4. The van der Waals surface area contributed by atoms with E-state index in [1.54, 1.807) is 12.1 Å². The van der Waals surface area contributed by atoms with Crippen LogP contribution in [0.3, 0.4) is 0 Å². The highest BCUT2D eigenvalue weighted by molar-refractivity contribution is 7.92. The maximum absolute atomic E-state index is 13.1. The van der Waals surface area contributed by atoms with Gasteiger partial charge in [-0.3, -0.25) is 9.10 Å². The zero-order valence-corrected chi connectivity index (χ0v) is 19.2. The number of esters is 1. The summed E-state index contributed by atoms with van der Waals surface area (Å²) in [7, 11) is -3.66. The Kier molecular flexibility index (Phi) is 7.13. The Balaban J connectivity index is 1.31. The van der Waals surface area contributed by atoms with Gasteiger partial charge >= 0.3 is 5.97 Å². The molecule has 0 aromatic heterocycles. The summed E-state index contributed by atoms with van der Waals surface area (Å²) >= 11 is 0. The number of carbonyl (C=O) groups excluding carboxylic acids is 2. The van der Waals surface area contributed by atoms with Crippen molar-refractivity contribution in [2.45, 2.75) is 49.5 Å². The molecule has 1 amide bonds. The van der Waals surface area contributed by atoms with Crippen molar-refractivity contribution in [3.63, 3.8) is 0 Å². The minimum absolute atomic E-state index is 0.171. The number of nitrogens with one attached hydrogen (secondary N) is 1. The first-order valence-electron chi connectivity index (χ1n) is 11.3. The largest absolute Gasteiger partial charge is 0.452 e. The van der Waals surface area contributed by atoms with E-state index >= 15 is 0 Å². The van der Waals surface area contributed by atoms with Crippen molar-refractivity contribution >= 4 is 33.7 Å². The molecule has 1 aliphatic heterocycles. The van der Waals surface area contributed by atoms with E-state index in [0.29, 0.717) is 18.5 Å². The van der Waals surface area contributed by atoms with E-state index in [1.165, 1.54) is 35.0 Å². The Morgan fingerprint density at radius 2 is 1.76 bits per heavy atom. The van der Waals surface area contributed by atoms with Gasteiger partial charge in [0.05, 0.1) is 10.6 Å². The third kappa shape index (κ3) is 5.63. The molecule has 0 saturated heterocycles. The third-order valence-electron chi connectivity index (χ3n) is 6.04. The molecule has 0 unspecified atom stereocenters. The van der Waals surface area contributed by atoms with Gasteiger partial charge in [0.2, 0.25) is 0 Å². The lowest BCUT2D eigenvalue weighted by atomic mass is 9.95. The summed E-state index contributed by atoms with van der Waals surface area (Å²) in [5.74, 6) is -0.916. The van der Waals surface area contributed by atoms with E-state index in [0.717, 1.165) is 36.9 Å². The van der Waals surface area contributed by atoms with Gasteiger partial charge in [0.1, 0.15) is 0 Å². The Bertz CT molecular complexity index is 1140. The maximum atomic E-state index is 13.1. The molecule has 2 aliphatic rings. The van der Waals surface area contributed by atoms with Crippen LogP contribution < -0.4 is 9.62 Å². The first-order chi connectivity index (χ1) is 15.9. The van der Waals surface area contributed by atoms with Gasteiger partial charge in [-0.2, -0.15) is 0 Å². The predicted molar refractivity (Wildman–Crippen MR) is 126 cm³/mol. The van der Waals surface area contributed by atoms with Gasteiger partial charge in [0.25, 0.3) is 15.9 Å². The van der Waals surface area contributed by atoms with Crippen molar-refractivity contribution in [2.75, 3.05) is 17.5 Å². The number of para-hydroxylation sites is 1. The highest BCUT2D eigenvalue weighted by atomic mass is 32.2. The number of benzene rings is 2. The molecule has 7 nitrogen and oxygen atoms in total. The fourth-order valence-corrected chi connectivity index (χ4v) is 5.80. The normalized spacial score (nSPS) is 16.5. The van der Waals surface area contributed by atoms with Crippen LogP contribution in [0.4, 0.5) is 5.69 Å². The number of anilines is 1. The average Bonchev–Trinajstić information content (AvgIpc) is 3.27. The quantitative estimate of drug-likeness (QED) is 0.496. The molecule has 1 N–H and O–H groups in total. The van der Waals surface area contributed by atoms with Crippen LogP contribution in [0.5, 0.6) is 0 Å². The monoisotopic (exact) mass is 468 g/mol. The van der Waals surface area contributed by atoms with Gasteiger partial charge in [0.15, 0.2) is 6.61 Å². The number of rotatable bonds is 7. The van der Waals surface area contributed by atoms with Crippen LogP contribution in [0.15, 0.2) is 59.5 Å². The summed E-state index contributed by atoms with van der Waals surface area (Å²) in [5.41, 5.74) is 2.39. The van der Waals surface area contributed by atoms with Crippen LogP contribution in [-0.4, -0.2) is 39.5 Å². The molecule has 1 saturated carbocycles. The van der Waals surface area contributed by atoms with Crippen LogP contribution in [0.2, 0.25) is 0 Å². The zero-order chi connectivity index (χ0) is 23.3. The average molecular weight is 469 g/mol.